The number of Topliss-reactive ketones (excluding diaryl/α,β-unsaturated/α-hetero) is 1. The van der Waals surface area contributed by atoms with Crippen LogP contribution in [0.5, 0.6) is 11.5 Å². The molecule has 3 aliphatic rings. The van der Waals surface area contributed by atoms with Crippen LogP contribution in [0.4, 0.5) is 0 Å². The van der Waals surface area contributed by atoms with E-state index in [4.69, 9.17) is 14.2 Å². The first-order valence-corrected chi connectivity index (χ1v) is 11.7. The second-order valence-electron chi connectivity index (χ2n) is 9.08. The Morgan fingerprint density at radius 2 is 1.67 bits per heavy atom. The normalized spacial score (nSPS) is 24.3. The third-order valence-electron chi connectivity index (χ3n) is 6.85. The van der Waals surface area contributed by atoms with Crippen molar-refractivity contribution in [2.45, 2.75) is 50.7 Å². The molecule has 1 aliphatic carbocycles. The van der Waals surface area contributed by atoms with Crippen LogP contribution in [0.3, 0.4) is 0 Å². The fourth-order valence-corrected chi connectivity index (χ4v) is 4.97. The first kappa shape index (κ1) is 21.6. The highest BCUT2D eigenvalue weighted by molar-refractivity contribution is 6.09. The van der Waals surface area contributed by atoms with E-state index in [1.807, 2.05) is 61.5 Å². The van der Waals surface area contributed by atoms with Gasteiger partial charge in [-0.2, -0.15) is 0 Å². The Morgan fingerprint density at radius 1 is 0.970 bits per heavy atom. The molecule has 0 saturated heterocycles. The number of ether oxygens (including phenoxy) is 3. The Bertz CT molecular complexity index is 1070. The minimum absolute atomic E-state index is 0.103. The van der Waals surface area contributed by atoms with Gasteiger partial charge in [0.2, 0.25) is 5.78 Å². The Morgan fingerprint density at radius 3 is 2.36 bits per heavy atom. The van der Waals surface area contributed by atoms with E-state index in [0.717, 1.165) is 18.4 Å². The average Bonchev–Trinajstić information content (AvgIpc) is 3.68. The molecule has 0 radical (unpaired) electrons. The summed E-state index contributed by atoms with van der Waals surface area (Å²) in [7, 11) is 0. The number of para-hydroxylation sites is 2. The van der Waals surface area contributed by atoms with Gasteiger partial charge in [0.1, 0.15) is 12.7 Å². The zero-order valence-electron chi connectivity index (χ0n) is 18.6. The molecule has 5 rings (SSSR count). The standard InChI is InChI=1S/C27H28O6/c1-2-16(14-19-15-31-20-10-6-7-11-21(20)32-19)26-25(29)24(28)23(27(30)33-26)22(18-12-13-18)17-8-4-3-5-9-17/h3-11,16,18-19,22,26,28H,2,12-15H2,1H3. The number of fused-ring (bicyclic) bond motifs is 1. The number of hydrogen-bond acceptors (Lipinski definition) is 6. The number of ketones is 1. The molecule has 1 fully saturated rings. The Balaban J connectivity index is 1.36. The van der Waals surface area contributed by atoms with Crippen LogP contribution in [0.2, 0.25) is 0 Å². The first-order chi connectivity index (χ1) is 16.1. The lowest BCUT2D eigenvalue weighted by molar-refractivity contribution is -0.159. The molecule has 0 aromatic heterocycles. The average molecular weight is 449 g/mol. The third-order valence-corrected chi connectivity index (χ3v) is 6.85. The van der Waals surface area contributed by atoms with Crippen LogP contribution in [0, 0.1) is 11.8 Å². The second-order valence-corrected chi connectivity index (χ2v) is 9.08. The smallest absolute Gasteiger partial charge is 0.339 e. The molecule has 1 saturated carbocycles. The molecule has 6 nitrogen and oxygen atoms in total. The highest BCUT2D eigenvalue weighted by Gasteiger charge is 2.47. The maximum atomic E-state index is 13.2. The summed E-state index contributed by atoms with van der Waals surface area (Å²) in [6.45, 7) is 2.30. The number of cyclic esters (lactones) is 1. The molecule has 172 valence electrons. The van der Waals surface area contributed by atoms with Crippen LogP contribution in [-0.2, 0) is 14.3 Å². The fourth-order valence-electron chi connectivity index (χ4n) is 4.97. The molecule has 33 heavy (non-hydrogen) atoms. The molecular formula is C27H28O6. The van der Waals surface area contributed by atoms with Crippen LogP contribution in [-0.4, -0.2) is 35.7 Å². The van der Waals surface area contributed by atoms with Crippen molar-refractivity contribution in [1.29, 1.82) is 0 Å². The quantitative estimate of drug-likeness (QED) is 0.616. The lowest BCUT2D eigenvalue weighted by Gasteiger charge is -2.34. The highest BCUT2D eigenvalue weighted by atomic mass is 16.6. The summed E-state index contributed by atoms with van der Waals surface area (Å²) in [6, 6.07) is 17.0. The summed E-state index contributed by atoms with van der Waals surface area (Å²) < 4.78 is 17.6. The van der Waals surface area contributed by atoms with Crippen LogP contribution in [0.25, 0.3) is 0 Å². The van der Waals surface area contributed by atoms with Gasteiger partial charge in [-0.15, -0.1) is 0 Å². The molecule has 0 bridgehead atoms. The molecule has 2 aromatic carbocycles. The Hall–Kier alpha value is -3.28. The van der Waals surface area contributed by atoms with E-state index in [0.29, 0.717) is 30.9 Å². The van der Waals surface area contributed by atoms with E-state index in [2.05, 4.69) is 0 Å². The van der Waals surface area contributed by atoms with Gasteiger partial charge < -0.3 is 19.3 Å². The fraction of sp³-hybridized carbons (Fsp3) is 0.407. The summed E-state index contributed by atoms with van der Waals surface area (Å²) in [5.74, 6) is -0.583. The van der Waals surface area contributed by atoms with Gasteiger partial charge in [-0.25, -0.2) is 4.79 Å². The number of esters is 1. The Labute approximate surface area is 193 Å². The molecule has 0 spiro atoms. The van der Waals surface area contributed by atoms with Crippen LogP contribution >= 0.6 is 0 Å². The molecule has 0 amide bonds. The lowest BCUT2D eigenvalue weighted by atomic mass is 9.81. The number of benzene rings is 2. The summed E-state index contributed by atoms with van der Waals surface area (Å²) in [6.07, 6.45) is 1.69. The van der Waals surface area contributed by atoms with Crippen molar-refractivity contribution in [2.75, 3.05) is 6.61 Å². The summed E-state index contributed by atoms with van der Waals surface area (Å²) in [5, 5.41) is 10.9. The van der Waals surface area contributed by atoms with E-state index in [-0.39, 0.29) is 29.4 Å². The number of rotatable bonds is 7. The van der Waals surface area contributed by atoms with Crippen LogP contribution in [0.1, 0.15) is 44.1 Å². The Kier molecular flexibility index (Phi) is 5.83. The predicted molar refractivity (Wildman–Crippen MR) is 121 cm³/mol. The van der Waals surface area contributed by atoms with Crippen molar-refractivity contribution in [3.05, 3.63) is 71.5 Å². The predicted octanol–water partition coefficient (Wildman–Crippen LogP) is 4.74. The summed E-state index contributed by atoms with van der Waals surface area (Å²) >= 11 is 0. The van der Waals surface area contributed by atoms with Gasteiger partial charge in [0.05, 0.1) is 5.57 Å². The van der Waals surface area contributed by atoms with Crippen molar-refractivity contribution in [3.63, 3.8) is 0 Å². The van der Waals surface area contributed by atoms with Gasteiger partial charge in [-0.3, -0.25) is 4.79 Å². The molecule has 4 unspecified atom stereocenters. The second kappa shape index (κ2) is 8.93. The van der Waals surface area contributed by atoms with Crippen molar-refractivity contribution in [1.82, 2.24) is 0 Å². The number of carbonyl (C=O) groups excluding carboxylic acids is 2. The minimum atomic E-state index is -1.03. The summed E-state index contributed by atoms with van der Waals surface area (Å²) in [4.78, 5) is 26.4. The van der Waals surface area contributed by atoms with Crippen molar-refractivity contribution < 1.29 is 28.9 Å². The van der Waals surface area contributed by atoms with Gasteiger partial charge in [0, 0.05) is 11.8 Å². The van der Waals surface area contributed by atoms with E-state index >= 15 is 0 Å². The number of hydrogen-bond donors (Lipinski definition) is 1. The molecule has 2 heterocycles. The topological polar surface area (TPSA) is 82.1 Å². The van der Waals surface area contributed by atoms with E-state index in [1.165, 1.54) is 0 Å². The zero-order valence-corrected chi connectivity index (χ0v) is 18.6. The van der Waals surface area contributed by atoms with Crippen molar-refractivity contribution >= 4 is 11.8 Å². The number of aliphatic hydroxyl groups excluding tert-OH is 1. The maximum Gasteiger partial charge on any atom is 0.339 e. The van der Waals surface area contributed by atoms with Crippen molar-refractivity contribution in [2.24, 2.45) is 11.8 Å². The minimum Gasteiger partial charge on any atom is -0.504 e. The van der Waals surface area contributed by atoms with Gasteiger partial charge in [0.25, 0.3) is 0 Å². The van der Waals surface area contributed by atoms with E-state index in [9.17, 15) is 14.7 Å². The SMILES string of the molecule is CCC(CC1COc2ccccc2O1)C1OC(=O)C(C(c2ccccc2)C2CC2)=C(O)C1=O. The largest absolute Gasteiger partial charge is 0.504 e. The zero-order chi connectivity index (χ0) is 22.9. The monoisotopic (exact) mass is 448 g/mol. The maximum absolute atomic E-state index is 13.2. The highest BCUT2D eigenvalue weighted by Crippen LogP contribution is 2.48. The molecule has 4 atom stereocenters. The first-order valence-electron chi connectivity index (χ1n) is 11.7. The van der Waals surface area contributed by atoms with E-state index in [1.54, 1.807) is 0 Å². The van der Waals surface area contributed by atoms with Crippen LogP contribution < -0.4 is 9.47 Å². The molecule has 2 aliphatic heterocycles. The molecular weight excluding hydrogens is 420 g/mol. The van der Waals surface area contributed by atoms with Crippen LogP contribution in [0.15, 0.2) is 65.9 Å². The van der Waals surface area contributed by atoms with Gasteiger partial charge in [-0.05, 0) is 49.3 Å². The van der Waals surface area contributed by atoms with Gasteiger partial charge >= 0.3 is 5.97 Å². The number of carbonyl (C=O) groups is 2. The third kappa shape index (κ3) is 4.22. The van der Waals surface area contributed by atoms with Gasteiger partial charge in [0.15, 0.2) is 23.4 Å². The lowest BCUT2D eigenvalue weighted by Crippen LogP contribution is -2.44. The van der Waals surface area contributed by atoms with Crippen molar-refractivity contribution in [3.8, 4) is 11.5 Å². The molecule has 6 heteroatoms. The van der Waals surface area contributed by atoms with Gasteiger partial charge in [-0.1, -0.05) is 49.4 Å². The number of aliphatic hydroxyl groups is 1. The molecule has 1 N–H and O–H groups in total. The van der Waals surface area contributed by atoms with E-state index < -0.39 is 23.6 Å². The summed E-state index contributed by atoms with van der Waals surface area (Å²) in [5.41, 5.74) is 1.02. The molecule has 2 aromatic rings.